The standard InChI is InChI=1S/C15H22BrFN2/c1-15(2)6-3-7-19(10-15)14(9-18)11-4-5-12(16)13(17)8-11/h4-5,8,14H,3,6-7,9-10,18H2,1-2H3. The number of rotatable bonds is 3. The summed E-state index contributed by atoms with van der Waals surface area (Å²) in [5.74, 6) is -0.216. The highest BCUT2D eigenvalue weighted by atomic mass is 79.9. The zero-order chi connectivity index (χ0) is 14.0. The summed E-state index contributed by atoms with van der Waals surface area (Å²) in [6.45, 7) is 7.16. The van der Waals surface area contributed by atoms with Crippen LogP contribution in [-0.2, 0) is 0 Å². The van der Waals surface area contributed by atoms with Crippen LogP contribution >= 0.6 is 15.9 Å². The van der Waals surface area contributed by atoms with Crippen LogP contribution in [-0.4, -0.2) is 24.5 Å². The Kier molecular flexibility index (Phi) is 4.64. The van der Waals surface area contributed by atoms with E-state index in [1.807, 2.05) is 6.07 Å². The molecule has 0 amide bonds. The Hall–Kier alpha value is -0.450. The SMILES string of the molecule is CC1(C)CCCN(C(CN)c2ccc(Br)c(F)c2)C1. The summed E-state index contributed by atoms with van der Waals surface area (Å²) in [6, 6.07) is 5.44. The Labute approximate surface area is 123 Å². The summed E-state index contributed by atoms with van der Waals surface area (Å²) in [4.78, 5) is 2.40. The van der Waals surface area contributed by atoms with Crippen LogP contribution in [0.5, 0.6) is 0 Å². The van der Waals surface area contributed by atoms with E-state index in [2.05, 4.69) is 34.7 Å². The van der Waals surface area contributed by atoms with Gasteiger partial charge < -0.3 is 5.73 Å². The van der Waals surface area contributed by atoms with E-state index < -0.39 is 0 Å². The van der Waals surface area contributed by atoms with Gasteiger partial charge in [-0.25, -0.2) is 4.39 Å². The predicted octanol–water partition coefficient (Wildman–Crippen LogP) is 3.71. The third kappa shape index (κ3) is 3.56. The molecule has 0 bridgehead atoms. The molecule has 1 aromatic carbocycles. The molecule has 1 heterocycles. The molecule has 1 fully saturated rings. The quantitative estimate of drug-likeness (QED) is 0.916. The minimum absolute atomic E-state index is 0.113. The van der Waals surface area contributed by atoms with Gasteiger partial charge in [-0.1, -0.05) is 19.9 Å². The van der Waals surface area contributed by atoms with Gasteiger partial charge in [0.1, 0.15) is 5.82 Å². The molecule has 0 saturated carbocycles. The first kappa shape index (κ1) is 14.9. The average Bonchev–Trinajstić information content (AvgIpc) is 2.33. The Balaban J connectivity index is 2.21. The van der Waals surface area contributed by atoms with Crippen LogP contribution in [0.2, 0.25) is 0 Å². The molecule has 2 N–H and O–H groups in total. The fourth-order valence-electron chi connectivity index (χ4n) is 2.95. The van der Waals surface area contributed by atoms with E-state index in [1.165, 1.54) is 12.8 Å². The van der Waals surface area contributed by atoms with Crippen LogP contribution in [0.1, 0.15) is 38.3 Å². The van der Waals surface area contributed by atoms with E-state index in [1.54, 1.807) is 12.1 Å². The van der Waals surface area contributed by atoms with Crippen molar-refractivity contribution < 1.29 is 4.39 Å². The first-order valence-electron chi connectivity index (χ1n) is 6.82. The van der Waals surface area contributed by atoms with Gasteiger partial charge in [-0.2, -0.15) is 0 Å². The second kappa shape index (κ2) is 5.90. The summed E-state index contributed by atoms with van der Waals surface area (Å²) >= 11 is 3.19. The lowest BCUT2D eigenvalue weighted by atomic mass is 9.83. The Morgan fingerprint density at radius 2 is 2.21 bits per heavy atom. The topological polar surface area (TPSA) is 29.3 Å². The fraction of sp³-hybridized carbons (Fsp3) is 0.600. The third-order valence-electron chi connectivity index (χ3n) is 3.92. The van der Waals surface area contributed by atoms with Crippen LogP contribution in [0.25, 0.3) is 0 Å². The molecular formula is C15H22BrFN2. The largest absolute Gasteiger partial charge is 0.329 e. The number of piperidine rings is 1. The van der Waals surface area contributed by atoms with Crippen LogP contribution in [0, 0.1) is 11.2 Å². The monoisotopic (exact) mass is 328 g/mol. The molecule has 1 aromatic rings. The maximum absolute atomic E-state index is 13.7. The average molecular weight is 329 g/mol. The lowest BCUT2D eigenvalue weighted by molar-refractivity contribution is 0.0805. The summed E-state index contributed by atoms with van der Waals surface area (Å²) in [6.07, 6.45) is 2.43. The predicted molar refractivity (Wildman–Crippen MR) is 80.5 cm³/mol. The number of halogens is 2. The number of nitrogens with two attached hydrogens (primary N) is 1. The van der Waals surface area contributed by atoms with E-state index in [0.29, 0.717) is 16.4 Å². The summed E-state index contributed by atoms with van der Waals surface area (Å²) in [5, 5.41) is 0. The van der Waals surface area contributed by atoms with Crippen molar-refractivity contribution in [2.24, 2.45) is 11.1 Å². The van der Waals surface area contributed by atoms with Crippen LogP contribution in [0.15, 0.2) is 22.7 Å². The van der Waals surface area contributed by atoms with Crippen molar-refractivity contribution in [2.45, 2.75) is 32.7 Å². The molecule has 1 atom stereocenters. The van der Waals surface area contributed by atoms with E-state index in [9.17, 15) is 4.39 Å². The van der Waals surface area contributed by atoms with E-state index in [4.69, 9.17) is 5.73 Å². The van der Waals surface area contributed by atoms with Gasteiger partial charge in [0.15, 0.2) is 0 Å². The number of likely N-dealkylation sites (tertiary alicyclic amines) is 1. The van der Waals surface area contributed by atoms with Crippen molar-refractivity contribution in [3.05, 3.63) is 34.1 Å². The van der Waals surface area contributed by atoms with Crippen molar-refractivity contribution in [1.82, 2.24) is 4.90 Å². The van der Waals surface area contributed by atoms with Gasteiger partial charge in [0.25, 0.3) is 0 Å². The van der Waals surface area contributed by atoms with Gasteiger partial charge in [0.05, 0.1) is 4.47 Å². The van der Waals surface area contributed by atoms with Crippen LogP contribution < -0.4 is 5.73 Å². The molecule has 2 rings (SSSR count). The van der Waals surface area contributed by atoms with Gasteiger partial charge in [0.2, 0.25) is 0 Å². The van der Waals surface area contributed by atoms with Gasteiger partial charge in [-0.05, 0) is 58.4 Å². The second-order valence-electron chi connectivity index (χ2n) is 6.16. The zero-order valence-electron chi connectivity index (χ0n) is 11.6. The lowest BCUT2D eigenvalue weighted by Gasteiger charge is -2.42. The van der Waals surface area contributed by atoms with Crippen LogP contribution in [0.3, 0.4) is 0 Å². The summed E-state index contributed by atoms with van der Waals surface area (Å²) in [5.41, 5.74) is 7.23. The molecule has 4 heteroatoms. The zero-order valence-corrected chi connectivity index (χ0v) is 13.2. The lowest BCUT2D eigenvalue weighted by Crippen LogP contribution is -2.44. The van der Waals surface area contributed by atoms with E-state index in [0.717, 1.165) is 18.7 Å². The van der Waals surface area contributed by atoms with Crippen LogP contribution in [0.4, 0.5) is 4.39 Å². The number of nitrogens with zero attached hydrogens (tertiary/aromatic N) is 1. The Morgan fingerprint density at radius 3 is 2.79 bits per heavy atom. The molecular weight excluding hydrogens is 307 g/mol. The molecule has 1 aliphatic heterocycles. The van der Waals surface area contributed by atoms with Gasteiger partial charge in [0, 0.05) is 19.1 Å². The van der Waals surface area contributed by atoms with Crippen molar-refractivity contribution in [3.8, 4) is 0 Å². The highest BCUT2D eigenvalue weighted by Gasteiger charge is 2.30. The van der Waals surface area contributed by atoms with Gasteiger partial charge in [-0.15, -0.1) is 0 Å². The molecule has 19 heavy (non-hydrogen) atoms. The highest BCUT2D eigenvalue weighted by molar-refractivity contribution is 9.10. The molecule has 0 radical (unpaired) electrons. The number of benzene rings is 1. The minimum atomic E-state index is -0.216. The fourth-order valence-corrected chi connectivity index (χ4v) is 3.20. The summed E-state index contributed by atoms with van der Waals surface area (Å²) in [7, 11) is 0. The van der Waals surface area contributed by atoms with Gasteiger partial charge in [-0.3, -0.25) is 4.90 Å². The molecule has 106 valence electrons. The van der Waals surface area contributed by atoms with Gasteiger partial charge >= 0.3 is 0 Å². The van der Waals surface area contributed by atoms with Crippen molar-refractivity contribution in [1.29, 1.82) is 0 Å². The smallest absolute Gasteiger partial charge is 0.137 e. The van der Waals surface area contributed by atoms with E-state index in [-0.39, 0.29) is 11.9 Å². The molecule has 1 unspecified atom stereocenters. The number of hydrogen-bond acceptors (Lipinski definition) is 2. The minimum Gasteiger partial charge on any atom is -0.329 e. The first-order valence-corrected chi connectivity index (χ1v) is 7.61. The Morgan fingerprint density at radius 1 is 1.47 bits per heavy atom. The summed E-state index contributed by atoms with van der Waals surface area (Å²) < 4.78 is 14.2. The molecule has 0 spiro atoms. The van der Waals surface area contributed by atoms with Crippen molar-refractivity contribution in [2.75, 3.05) is 19.6 Å². The van der Waals surface area contributed by atoms with Crippen molar-refractivity contribution >= 4 is 15.9 Å². The number of hydrogen-bond donors (Lipinski definition) is 1. The molecule has 0 aromatic heterocycles. The second-order valence-corrected chi connectivity index (χ2v) is 7.02. The first-order chi connectivity index (χ1) is 8.93. The maximum Gasteiger partial charge on any atom is 0.137 e. The Bertz CT molecular complexity index is 448. The normalized spacial score (nSPS) is 21.3. The molecule has 0 aliphatic carbocycles. The third-order valence-corrected chi connectivity index (χ3v) is 4.57. The highest BCUT2D eigenvalue weighted by Crippen LogP contribution is 2.33. The molecule has 2 nitrogen and oxygen atoms in total. The van der Waals surface area contributed by atoms with E-state index >= 15 is 0 Å². The van der Waals surface area contributed by atoms with Crippen molar-refractivity contribution in [3.63, 3.8) is 0 Å². The maximum atomic E-state index is 13.7. The molecule has 1 saturated heterocycles. The molecule has 1 aliphatic rings.